The average Bonchev–Trinajstić information content (AvgIpc) is 2.75. The highest BCUT2D eigenvalue weighted by molar-refractivity contribution is 6.04. The molecule has 1 atom stereocenters. The summed E-state index contributed by atoms with van der Waals surface area (Å²) in [5.74, 6) is 0.294. The molecule has 0 aliphatic carbocycles. The van der Waals surface area contributed by atoms with Crippen LogP contribution < -0.4 is 15.6 Å². The van der Waals surface area contributed by atoms with Crippen molar-refractivity contribution < 1.29 is 19.4 Å². The van der Waals surface area contributed by atoms with Crippen molar-refractivity contribution in [3.8, 4) is 5.75 Å². The van der Waals surface area contributed by atoms with Crippen LogP contribution in [-0.2, 0) is 18.4 Å². The SMILES string of the molecule is COc1ccc(COCC(O)CNC(=O)c2nn(C)c(=O)c3ccccc23)cc1. The van der Waals surface area contributed by atoms with E-state index in [4.69, 9.17) is 9.47 Å². The fourth-order valence-corrected chi connectivity index (χ4v) is 2.86. The van der Waals surface area contributed by atoms with Crippen LogP contribution >= 0.6 is 0 Å². The lowest BCUT2D eigenvalue weighted by Gasteiger charge is -2.13. The molecule has 152 valence electrons. The first-order chi connectivity index (χ1) is 14.0. The number of aryl methyl sites for hydroxylation is 1. The standard InChI is InChI=1S/C21H23N3O5/c1-24-21(27)18-6-4-3-5-17(18)19(23-24)20(26)22-11-15(25)13-29-12-14-7-9-16(28-2)10-8-14/h3-10,15,25H,11-13H2,1-2H3,(H,22,26). The summed E-state index contributed by atoms with van der Waals surface area (Å²) in [6.45, 7) is 0.399. The molecule has 8 nitrogen and oxygen atoms in total. The van der Waals surface area contributed by atoms with E-state index < -0.39 is 12.0 Å². The number of carbonyl (C=O) groups excluding carboxylic acids is 1. The summed E-state index contributed by atoms with van der Waals surface area (Å²) in [7, 11) is 3.09. The Labute approximate surface area is 167 Å². The highest BCUT2D eigenvalue weighted by Gasteiger charge is 2.16. The van der Waals surface area contributed by atoms with E-state index in [-0.39, 0.29) is 24.4 Å². The maximum atomic E-state index is 12.5. The van der Waals surface area contributed by atoms with Crippen LogP contribution in [0.15, 0.2) is 53.3 Å². The maximum Gasteiger partial charge on any atom is 0.274 e. The number of aliphatic hydroxyl groups excluding tert-OH is 1. The van der Waals surface area contributed by atoms with Crippen molar-refractivity contribution in [3.05, 3.63) is 70.1 Å². The Balaban J connectivity index is 1.54. The fraction of sp³-hybridized carbons (Fsp3) is 0.286. The van der Waals surface area contributed by atoms with E-state index in [9.17, 15) is 14.7 Å². The van der Waals surface area contributed by atoms with Gasteiger partial charge in [0.2, 0.25) is 0 Å². The maximum absolute atomic E-state index is 12.5. The molecule has 0 bridgehead atoms. The molecule has 0 fully saturated rings. The number of ether oxygens (including phenoxy) is 2. The topological polar surface area (TPSA) is 103 Å². The van der Waals surface area contributed by atoms with Crippen molar-refractivity contribution in [3.63, 3.8) is 0 Å². The summed E-state index contributed by atoms with van der Waals surface area (Å²) in [4.78, 5) is 24.7. The molecule has 0 saturated carbocycles. The predicted molar refractivity (Wildman–Crippen MR) is 108 cm³/mol. The van der Waals surface area contributed by atoms with E-state index in [1.807, 2.05) is 24.3 Å². The van der Waals surface area contributed by atoms with Crippen LogP contribution in [0.5, 0.6) is 5.75 Å². The lowest BCUT2D eigenvalue weighted by Crippen LogP contribution is -2.36. The molecule has 1 heterocycles. The minimum Gasteiger partial charge on any atom is -0.497 e. The number of rotatable bonds is 8. The largest absolute Gasteiger partial charge is 0.497 e. The number of hydrogen-bond acceptors (Lipinski definition) is 6. The quantitative estimate of drug-likeness (QED) is 0.593. The molecule has 29 heavy (non-hydrogen) atoms. The molecule has 0 radical (unpaired) electrons. The Morgan fingerprint density at radius 2 is 1.86 bits per heavy atom. The minimum absolute atomic E-state index is 0.000291. The van der Waals surface area contributed by atoms with Crippen LogP contribution in [-0.4, -0.2) is 47.2 Å². The van der Waals surface area contributed by atoms with Crippen LogP contribution in [0.4, 0.5) is 0 Å². The number of nitrogens with zero attached hydrogens (tertiary/aromatic N) is 2. The smallest absolute Gasteiger partial charge is 0.274 e. The number of amides is 1. The van der Waals surface area contributed by atoms with Gasteiger partial charge < -0.3 is 19.9 Å². The van der Waals surface area contributed by atoms with Crippen molar-refractivity contribution in [2.45, 2.75) is 12.7 Å². The van der Waals surface area contributed by atoms with Gasteiger partial charge >= 0.3 is 0 Å². The molecule has 1 unspecified atom stereocenters. The normalized spacial score (nSPS) is 12.0. The van der Waals surface area contributed by atoms with Crippen molar-refractivity contribution >= 4 is 16.7 Å². The summed E-state index contributed by atoms with van der Waals surface area (Å²) >= 11 is 0. The van der Waals surface area contributed by atoms with E-state index in [0.717, 1.165) is 16.0 Å². The minimum atomic E-state index is -0.879. The third-order valence-corrected chi connectivity index (χ3v) is 4.41. The van der Waals surface area contributed by atoms with Gasteiger partial charge in [0.1, 0.15) is 5.75 Å². The Bertz CT molecular complexity index is 1050. The van der Waals surface area contributed by atoms with E-state index in [1.54, 1.807) is 31.4 Å². The van der Waals surface area contributed by atoms with Crippen LogP contribution in [0.2, 0.25) is 0 Å². The van der Waals surface area contributed by atoms with Gasteiger partial charge in [0.25, 0.3) is 11.5 Å². The van der Waals surface area contributed by atoms with Gasteiger partial charge in [0, 0.05) is 19.0 Å². The molecule has 8 heteroatoms. The Morgan fingerprint density at radius 3 is 2.55 bits per heavy atom. The van der Waals surface area contributed by atoms with E-state index in [1.165, 1.54) is 7.05 Å². The van der Waals surface area contributed by atoms with E-state index in [0.29, 0.717) is 17.4 Å². The fourth-order valence-electron chi connectivity index (χ4n) is 2.86. The molecule has 0 aliphatic rings. The lowest BCUT2D eigenvalue weighted by atomic mass is 10.1. The van der Waals surface area contributed by atoms with Gasteiger partial charge in [-0.15, -0.1) is 0 Å². The summed E-state index contributed by atoms with van der Waals surface area (Å²) in [5.41, 5.74) is 0.807. The second kappa shape index (κ2) is 9.31. The van der Waals surface area contributed by atoms with Gasteiger partial charge in [-0.1, -0.05) is 30.3 Å². The van der Waals surface area contributed by atoms with Gasteiger partial charge in [0.15, 0.2) is 5.69 Å². The van der Waals surface area contributed by atoms with Gasteiger partial charge in [-0.2, -0.15) is 5.10 Å². The Morgan fingerprint density at radius 1 is 1.17 bits per heavy atom. The zero-order valence-corrected chi connectivity index (χ0v) is 16.3. The zero-order chi connectivity index (χ0) is 20.8. The van der Waals surface area contributed by atoms with Gasteiger partial charge in [-0.05, 0) is 23.8 Å². The second-order valence-electron chi connectivity index (χ2n) is 6.55. The number of aromatic nitrogens is 2. The monoisotopic (exact) mass is 397 g/mol. The molecule has 3 aromatic rings. The van der Waals surface area contributed by atoms with Crippen LogP contribution in [0.25, 0.3) is 10.8 Å². The lowest BCUT2D eigenvalue weighted by molar-refractivity contribution is 0.0284. The first kappa shape index (κ1) is 20.5. The van der Waals surface area contributed by atoms with Crippen LogP contribution in [0.1, 0.15) is 16.1 Å². The predicted octanol–water partition coefficient (Wildman–Crippen LogP) is 1.25. The Hall–Kier alpha value is -3.23. The average molecular weight is 397 g/mol. The van der Waals surface area contributed by atoms with Crippen molar-refractivity contribution in [2.75, 3.05) is 20.3 Å². The van der Waals surface area contributed by atoms with Gasteiger partial charge in [0.05, 0.1) is 31.8 Å². The zero-order valence-electron chi connectivity index (χ0n) is 16.3. The molecular formula is C21H23N3O5. The first-order valence-corrected chi connectivity index (χ1v) is 9.12. The van der Waals surface area contributed by atoms with Crippen LogP contribution in [0.3, 0.4) is 0 Å². The van der Waals surface area contributed by atoms with E-state index in [2.05, 4.69) is 10.4 Å². The summed E-state index contributed by atoms with van der Waals surface area (Å²) < 4.78 is 11.7. The number of nitrogens with one attached hydrogen (secondary N) is 1. The van der Waals surface area contributed by atoms with Crippen molar-refractivity contribution in [1.82, 2.24) is 15.1 Å². The number of aliphatic hydroxyl groups is 1. The number of carbonyl (C=O) groups is 1. The number of hydrogen-bond donors (Lipinski definition) is 2. The molecule has 0 aliphatic heterocycles. The van der Waals surface area contributed by atoms with E-state index >= 15 is 0 Å². The number of methoxy groups -OCH3 is 1. The van der Waals surface area contributed by atoms with Gasteiger partial charge in [-0.3, -0.25) is 9.59 Å². The number of benzene rings is 2. The summed E-state index contributed by atoms with van der Waals surface area (Å²) in [6.07, 6.45) is -0.879. The molecule has 0 spiro atoms. The molecule has 0 saturated heterocycles. The third-order valence-electron chi connectivity index (χ3n) is 4.41. The molecule has 3 rings (SSSR count). The van der Waals surface area contributed by atoms with Crippen LogP contribution in [0, 0.1) is 0 Å². The Kier molecular flexibility index (Phi) is 6.58. The summed E-state index contributed by atoms with van der Waals surface area (Å²) in [6, 6.07) is 14.2. The molecule has 2 N–H and O–H groups in total. The first-order valence-electron chi connectivity index (χ1n) is 9.12. The molecular weight excluding hydrogens is 374 g/mol. The highest BCUT2D eigenvalue weighted by Crippen LogP contribution is 2.13. The number of fused-ring (bicyclic) bond motifs is 1. The molecule has 1 aromatic heterocycles. The molecule has 1 amide bonds. The van der Waals surface area contributed by atoms with Crippen molar-refractivity contribution in [1.29, 1.82) is 0 Å². The summed E-state index contributed by atoms with van der Waals surface area (Å²) in [5, 5.41) is 17.7. The van der Waals surface area contributed by atoms with Gasteiger partial charge in [-0.25, -0.2) is 4.68 Å². The molecule has 2 aromatic carbocycles. The second-order valence-corrected chi connectivity index (χ2v) is 6.55. The van der Waals surface area contributed by atoms with Crippen molar-refractivity contribution in [2.24, 2.45) is 7.05 Å². The highest BCUT2D eigenvalue weighted by atomic mass is 16.5. The third kappa shape index (κ3) is 4.98.